The van der Waals surface area contributed by atoms with E-state index in [1.807, 2.05) is 4.90 Å². The summed E-state index contributed by atoms with van der Waals surface area (Å²) >= 11 is 0. The van der Waals surface area contributed by atoms with Gasteiger partial charge in [-0.25, -0.2) is 4.39 Å². The Morgan fingerprint density at radius 3 is 2.40 bits per heavy atom. The highest BCUT2D eigenvalue weighted by Gasteiger charge is 2.37. The van der Waals surface area contributed by atoms with Gasteiger partial charge in [-0.1, -0.05) is 0 Å². The fraction of sp³-hybridized carbons (Fsp3) is 0.312. The molecule has 0 bridgehead atoms. The van der Waals surface area contributed by atoms with Gasteiger partial charge in [0, 0.05) is 32.4 Å². The molecule has 9 heteroatoms. The van der Waals surface area contributed by atoms with Crippen LogP contribution in [0.2, 0.25) is 0 Å². The first kappa shape index (κ1) is 17.1. The molecule has 1 saturated heterocycles. The number of alkyl halides is 3. The number of carbonyl (C=O) groups is 1. The van der Waals surface area contributed by atoms with Crippen LogP contribution >= 0.6 is 0 Å². The third-order valence-corrected chi connectivity index (χ3v) is 3.97. The van der Waals surface area contributed by atoms with Crippen LogP contribution in [0.4, 0.5) is 23.4 Å². The molecular formula is C16H14F4N4O. The molecule has 1 aromatic carbocycles. The van der Waals surface area contributed by atoms with E-state index in [2.05, 4.69) is 10.2 Å². The molecule has 0 atom stereocenters. The summed E-state index contributed by atoms with van der Waals surface area (Å²) in [5.74, 6) is -1.14. The van der Waals surface area contributed by atoms with E-state index in [1.165, 1.54) is 11.1 Å². The Labute approximate surface area is 140 Å². The van der Waals surface area contributed by atoms with Crippen LogP contribution in [0.15, 0.2) is 36.5 Å². The zero-order valence-electron chi connectivity index (χ0n) is 13.0. The Bertz CT molecular complexity index is 758. The molecule has 2 aromatic rings. The number of amides is 1. The van der Waals surface area contributed by atoms with Crippen molar-refractivity contribution in [2.75, 3.05) is 31.1 Å². The monoisotopic (exact) mass is 354 g/mol. The largest absolute Gasteiger partial charge is 0.417 e. The Hall–Kier alpha value is -2.71. The van der Waals surface area contributed by atoms with E-state index in [9.17, 15) is 22.4 Å². The molecule has 0 unspecified atom stereocenters. The van der Waals surface area contributed by atoms with Crippen molar-refractivity contribution in [1.82, 2.24) is 15.1 Å². The maximum absolute atomic E-state index is 13.2. The highest BCUT2D eigenvalue weighted by atomic mass is 19.4. The van der Waals surface area contributed by atoms with Crippen LogP contribution in [0.1, 0.15) is 15.9 Å². The van der Waals surface area contributed by atoms with Crippen molar-refractivity contribution >= 4 is 11.7 Å². The van der Waals surface area contributed by atoms with Gasteiger partial charge in [-0.15, -0.1) is 5.10 Å². The van der Waals surface area contributed by atoms with E-state index in [1.54, 1.807) is 12.1 Å². The number of piperazine rings is 1. The first-order valence-corrected chi connectivity index (χ1v) is 7.55. The summed E-state index contributed by atoms with van der Waals surface area (Å²) in [6.07, 6.45) is -3.26. The lowest BCUT2D eigenvalue weighted by atomic mass is 10.0. The van der Waals surface area contributed by atoms with Crippen molar-refractivity contribution in [1.29, 1.82) is 0 Å². The molecule has 0 radical (unpaired) electrons. The molecule has 3 rings (SSSR count). The Morgan fingerprint density at radius 2 is 1.80 bits per heavy atom. The van der Waals surface area contributed by atoms with Gasteiger partial charge >= 0.3 is 6.18 Å². The van der Waals surface area contributed by atoms with Gasteiger partial charge in [0.15, 0.2) is 5.82 Å². The van der Waals surface area contributed by atoms with Crippen molar-refractivity contribution in [3.8, 4) is 0 Å². The summed E-state index contributed by atoms with van der Waals surface area (Å²) in [5, 5.41) is 7.74. The average Bonchev–Trinajstić information content (AvgIpc) is 2.61. The van der Waals surface area contributed by atoms with Crippen molar-refractivity contribution in [3.05, 3.63) is 53.5 Å². The van der Waals surface area contributed by atoms with Crippen LogP contribution < -0.4 is 4.90 Å². The molecule has 2 heterocycles. The number of rotatable bonds is 2. The maximum Gasteiger partial charge on any atom is 0.417 e. The van der Waals surface area contributed by atoms with Gasteiger partial charge in [0.1, 0.15) is 5.82 Å². The molecule has 132 valence electrons. The SMILES string of the molecule is O=C(c1ccc(F)cc1C(F)(F)F)N1CCN(c2cccnn2)CC1. The number of hydrogen-bond acceptors (Lipinski definition) is 4. The van der Waals surface area contributed by atoms with Gasteiger partial charge in [0.2, 0.25) is 0 Å². The molecule has 0 spiro atoms. The zero-order chi connectivity index (χ0) is 18.0. The highest BCUT2D eigenvalue weighted by molar-refractivity contribution is 5.96. The van der Waals surface area contributed by atoms with Crippen LogP contribution in [0.3, 0.4) is 0 Å². The minimum Gasteiger partial charge on any atom is -0.352 e. The van der Waals surface area contributed by atoms with Gasteiger partial charge in [-0.2, -0.15) is 18.3 Å². The predicted octanol–water partition coefficient (Wildman–Crippen LogP) is 2.60. The highest BCUT2D eigenvalue weighted by Crippen LogP contribution is 2.33. The van der Waals surface area contributed by atoms with Gasteiger partial charge in [-0.3, -0.25) is 4.79 Å². The molecular weight excluding hydrogens is 340 g/mol. The van der Waals surface area contributed by atoms with Crippen LogP contribution in [0.25, 0.3) is 0 Å². The molecule has 0 saturated carbocycles. The summed E-state index contributed by atoms with van der Waals surface area (Å²) in [6, 6.07) is 5.59. The molecule has 1 amide bonds. The van der Waals surface area contributed by atoms with Crippen molar-refractivity contribution in [2.24, 2.45) is 0 Å². The number of benzene rings is 1. The quantitative estimate of drug-likeness (QED) is 0.778. The second-order valence-electron chi connectivity index (χ2n) is 5.55. The van der Waals surface area contributed by atoms with E-state index in [-0.39, 0.29) is 13.1 Å². The lowest BCUT2D eigenvalue weighted by molar-refractivity contribution is -0.138. The molecule has 1 aliphatic heterocycles. The van der Waals surface area contributed by atoms with Crippen molar-refractivity contribution in [2.45, 2.75) is 6.18 Å². The van der Waals surface area contributed by atoms with E-state index in [0.29, 0.717) is 25.0 Å². The Morgan fingerprint density at radius 1 is 1.08 bits per heavy atom. The minimum atomic E-state index is -4.80. The maximum atomic E-state index is 13.2. The number of carbonyl (C=O) groups excluding carboxylic acids is 1. The zero-order valence-corrected chi connectivity index (χ0v) is 13.0. The van der Waals surface area contributed by atoms with Crippen LogP contribution in [0, 0.1) is 5.82 Å². The first-order chi connectivity index (χ1) is 11.9. The number of aromatic nitrogens is 2. The standard InChI is InChI=1S/C16H14F4N4O/c17-11-3-4-12(13(10-11)16(18,19)20)15(25)24-8-6-23(7-9-24)14-2-1-5-21-22-14/h1-5,10H,6-9H2. The fourth-order valence-electron chi connectivity index (χ4n) is 2.71. The first-order valence-electron chi connectivity index (χ1n) is 7.55. The van der Waals surface area contributed by atoms with E-state index in [0.717, 1.165) is 12.1 Å². The summed E-state index contributed by atoms with van der Waals surface area (Å²) in [5.41, 5.74) is -1.80. The van der Waals surface area contributed by atoms with E-state index < -0.39 is 29.0 Å². The number of halogens is 4. The van der Waals surface area contributed by atoms with Crippen molar-refractivity contribution < 1.29 is 22.4 Å². The second kappa shape index (κ2) is 6.66. The molecule has 25 heavy (non-hydrogen) atoms. The third kappa shape index (κ3) is 3.70. The van der Waals surface area contributed by atoms with Gasteiger partial charge in [0.05, 0.1) is 11.1 Å². The van der Waals surface area contributed by atoms with E-state index in [4.69, 9.17) is 0 Å². The molecule has 5 nitrogen and oxygen atoms in total. The third-order valence-electron chi connectivity index (χ3n) is 3.97. The molecule has 1 aliphatic rings. The number of hydrogen-bond donors (Lipinski definition) is 0. The summed E-state index contributed by atoms with van der Waals surface area (Å²) < 4.78 is 52.4. The van der Waals surface area contributed by atoms with E-state index >= 15 is 0 Å². The molecule has 0 N–H and O–H groups in total. The summed E-state index contributed by atoms with van der Waals surface area (Å²) in [4.78, 5) is 15.7. The number of nitrogens with zero attached hydrogens (tertiary/aromatic N) is 4. The van der Waals surface area contributed by atoms with Crippen LogP contribution in [-0.2, 0) is 6.18 Å². The fourth-order valence-corrected chi connectivity index (χ4v) is 2.71. The van der Waals surface area contributed by atoms with Gasteiger partial charge in [-0.05, 0) is 30.3 Å². The molecule has 0 aliphatic carbocycles. The molecule has 1 fully saturated rings. The normalized spacial score (nSPS) is 15.4. The lowest BCUT2D eigenvalue weighted by Gasteiger charge is -2.35. The predicted molar refractivity (Wildman–Crippen MR) is 81.6 cm³/mol. The molecule has 1 aromatic heterocycles. The minimum absolute atomic E-state index is 0.240. The van der Waals surface area contributed by atoms with Gasteiger partial charge in [0.25, 0.3) is 5.91 Å². The Balaban J connectivity index is 1.75. The average molecular weight is 354 g/mol. The van der Waals surface area contributed by atoms with Crippen LogP contribution in [-0.4, -0.2) is 47.2 Å². The summed E-state index contributed by atoms with van der Waals surface area (Å²) in [7, 11) is 0. The summed E-state index contributed by atoms with van der Waals surface area (Å²) in [6.45, 7) is 1.33. The smallest absolute Gasteiger partial charge is 0.352 e. The second-order valence-corrected chi connectivity index (χ2v) is 5.55. The van der Waals surface area contributed by atoms with Crippen LogP contribution in [0.5, 0.6) is 0 Å². The van der Waals surface area contributed by atoms with Gasteiger partial charge < -0.3 is 9.80 Å². The number of anilines is 1. The lowest BCUT2D eigenvalue weighted by Crippen LogP contribution is -2.49. The topological polar surface area (TPSA) is 49.3 Å². The van der Waals surface area contributed by atoms with Crippen molar-refractivity contribution in [3.63, 3.8) is 0 Å². The Kier molecular flexibility index (Phi) is 4.56.